The molecule has 1 heterocycles. The van der Waals surface area contributed by atoms with Crippen LogP contribution in [0, 0.1) is 6.92 Å². The van der Waals surface area contributed by atoms with Crippen LogP contribution in [-0.2, 0) is 0 Å². The van der Waals surface area contributed by atoms with E-state index >= 15 is 0 Å². The number of phenols is 1. The number of para-hydroxylation sites is 1. The predicted molar refractivity (Wildman–Crippen MR) is 67.5 cm³/mol. The number of fused-ring (bicyclic) bond motifs is 1. The summed E-state index contributed by atoms with van der Waals surface area (Å²) in [7, 11) is 0. The van der Waals surface area contributed by atoms with Gasteiger partial charge in [0.2, 0.25) is 0 Å². The molecule has 0 unspecified atom stereocenters. The van der Waals surface area contributed by atoms with Crippen LogP contribution in [0.3, 0.4) is 0 Å². The molecule has 0 bridgehead atoms. The molecule has 0 radical (unpaired) electrons. The van der Waals surface area contributed by atoms with Crippen molar-refractivity contribution in [3.8, 4) is 11.4 Å². The number of aromatic nitrogens is 2. The molecule has 1 N–H and O–H groups in total. The highest BCUT2D eigenvalue weighted by Gasteiger charge is 2.08. The largest absolute Gasteiger partial charge is 0.508 e. The molecule has 1 aromatic heterocycles. The van der Waals surface area contributed by atoms with Crippen molar-refractivity contribution in [2.24, 2.45) is 0 Å². The molecule has 0 aliphatic carbocycles. The van der Waals surface area contributed by atoms with Crippen molar-refractivity contribution in [2.45, 2.75) is 6.92 Å². The first-order valence-corrected chi connectivity index (χ1v) is 5.49. The quantitative estimate of drug-likeness (QED) is 0.690. The van der Waals surface area contributed by atoms with Gasteiger partial charge in [0, 0.05) is 11.8 Å². The molecule has 3 heteroatoms. The van der Waals surface area contributed by atoms with E-state index in [2.05, 4.69) is 9.55 Å². The second kappa shape index (κ2) is 3.63. The monoisotopic (exact) mass is 224 g/mol. The summed E-state index contributed by atoms with van der Waals surface area (Å²) in [4.78, 5) is 4.45. The number of rotatable bonds is 1. The summed E-state index contributed by atoms with van der Waals surface area (Å²) in [5.74, 6) is 1.16. The average molecular weight is 224 g/mol. The average Bonchev–Trinajstić information content (AvgIpc) is 2.65. The molecule has 0 saturated heterocycles. The number of benzene rings is 2. The summed E-state index contributed by atoms with van der Waals surface area (Å²) >= 11 is 0. The Kier molecular flexibility index (Phi) is 2.11. The molecule has 0 saturated carbocycles. The van der Waals surface area contributed by atoms with E-state index in [0.29, 0.717) is 0 Å². The van der Waals surface area contributed by atoms with E-state index in [-0.39, 0.29) is 5.75 Å². The maximum Gasteiger partial charge on any atom is 0.117 e. The highest BCUT2D eigenvalue weighted by Crippen LogP contribution is 2.24. The van der Waals surface area contributed by atoms with Crippen LogP contribution in [0.5, 0.6) is 5.75 Å². The zero-order valence-corrected chi connectivity index (χ0v) is 9.46. The van der Waals surface area contributed by atoms with Crippen LogP contribution in [0.25, 0.3) is 16.7 Å². The van der Waals surface area contributed by atoms with Crippen LogP contribution in [0.2, 0.25) is 0 Å². The molecule has 84 valence electrons. The normalized spacial score (nSPS) is 10.9. The fraction of sp³-hybridized carbons (Fsp3) is 0.0714. The van der Waals surface area contributed by atoms with Crippen molar-refractivity contribution >= 4 is 11.0 Å². The Morgan fingerprint density at radius 1 is 1.06 bits per heavy atom. The van der Waals surface area contributed by atoms with E-state index in [1.807, 2.05) is 43.3 Å². The van der Waals surface area contributed by atoms with Gasteiger partial charge in [0.25, 0.3) is 0 Å². The van der Waals surface area contributed by atoms with Gasteiger partial charge < -0.3 is 5.11 Å². The second-order valence-corrected chi connectivity index (χ2v) is 4.00. The Labute approximate surface area is 99.0 Å². The van der Waals surface area contributed by atoms with Crippen molar-refractivity contribution in [1.82, 2.24) is 9.55 Å². The van der Waals surface area contributed by atoms with Crippen molar-refractivity contribution < 1.29 is 5.11 Å². The molecule has 3 nitrogen and oxygen atoms in total. The van der Waals surface area contributed by atoms with E-state index in [4.69, 9.17) is 0 Å². The van der Waals surface area contributed by atoms with E-state index in [1.54, 1.807) is 12.1 Å². The maximum absolute atomic E-state index is 9.45. The standard InChI is InChI=1S/C14H12N2O/c1-10-15-13-9-12(17)7-8-14(13)16(10)11-5-3-2-4-6-11/h2-9,17H,1H3. The van der Waals surface area contributed by atoms with E-state index < -0.39 is 0 Å². The van der Waals surface area contributed by atoms with Gasteiger partial charge in [0.05, 0.1) is 11.0 Å². The smallest absolute Gasteiger partial charge is 0.117 e. The summed E-state index contributed by atoms with van der Waals surface area (Å²) in [5, 5.41) is 9.45. The van der Waals surface area contributed by atoms with Gasteiger partial charge in [-0.2, -0.15) is 0 Å². The fourth-order valence-electron chi connectivity index (χ4n) is 2.09. The molecule has 0 spiro atoms. The maximum atomic E-state index is 9.45. The van der Waals surface area contributed by atoms with Crippen LogP contribution < -0.4 is 0 Å². The van der Waals surface area contributed by atoms with Gasteiger partial charge in [-0.3, -0.25) is 4.57 Å². The number of hydrogen-bond donors (Lipinski definition) is 1. The highest BCUT2D eigenvalue weighted by atomic mass is 16.3. The molecule has 0 amide bonds. The molecule has 17 heavy (non-hydrogen) atoms. The van der Waals surface area contributed by atoms with E-state index in [1.165, 1.54) is 0 Å². The Balaban J connectivity index is 2.33. The molecule has 0 fully saturated rings. The summed E-state index contributed by atoms with van der Waals surface area (Å²) in [6.07, 6.45) is 0. The Morgan fingerprint density at radius 2 is 1.82 bits per heavy atom. The number of hydrogen-bond acceptors (Lipinski definition) is 2. The molecule has 0 aliphatic heterocycles. The lowest BCUT2D eigenvalue weighted by molar-refractivity contribution is 0.476. The first kappa shape index (κ1) is 9.90. The van der Waals surface area contributed by atoms with Crippen LogP contribution in [0.1, 0.15) is 5.82 Å². The number of nitrogens with zero attached hydrogens (tertiary/aromatic N) is 2. The molecule has 0 atom stereocenters. The fourth-order valence-corrected chi connectivity index (χ4v) is 2.09. The van der Waals surface area contributed by atoms with Crippen molar-refractivity contribution in [1.29, 1.82) is 0 Å². The molecule has 0 aliphatic rings. The van der Waals surface area contributed by atoms with Gasteiger partial charge in [-0.05, 0) is 31.2 Å². The summed E-state index contributed by atoms with van der Waals surface area (Å²) in [6, 6.07) is 15.3. The van der Waals surface area contributed by atoms with Gasteiger partial charge in [0.15, 0.2) is 0 Å². The van der Waals surface area contributed by atoms with Gasteiger partial charge >= 0.3 is 0 Å². The minimum absolute atomic E-state index is 0.246. The highest BCUT2D eigenvalue weighted by molar-refractivity contribution is 5.79. The lowest BCUT2D eigenvalue weighted by Crippen LogP contribution is -1.95. The summed E-state index contributed by atoms with van der Waals surface area (Å²) < 4.78 is 2.08. The molecular weight excluding hydrogens is 212 g/mol. The van der Waals surface area contributed by atoms with E-state index in [9.17, 15) is 5.11 Å². The van der Waals surface area contributed by atoms with Crippen LogP contribution in [-0.4, -0.2) is 14.7 Å². The SMILES string of the molecule is Cc1nc2cc(O)ccc2n1-c1ccccc1. The van der Waals surface area contributed by atoms with Crippen LogP contribution in [0.4, 0.5) is 0 Å². The third-order valence-electron chi connectivity index (χ3n) is 2.82. The van der Waals surface area contributed by atoms with Gasteiger partial charge in [0.1, 0.15) is 11.6 Å². The minimum Gasteiger partial charge on any atom is -0.508 e. The lowest BCUT2D eigenvalue weighted by atomic mass is 10.2. The number of aromatic hydroxyl groups is 1. The molecule has 3 aromatic rings. The van der Waals surface area contributed by atoms with E-state index in [0.717, 1.165) is 22.5 Å². The summed E-state index contributed by atoms with van der Waals surface area (Å²) in [6.45, 7) is 1.96. The zero-order chi connectivity index (χ0) is 11.8. The number of aryl methyl sites for hydroxylation is 1. The minimum atomic E-state index is 0.246. The van der Waals surface area contributed by atoms with Gasteiger partial charge in [-0.15, -0.1) is 0 Å². The third kappa shape index (κ3) is 1.56. The topological polar surface area (TPSA) is 38.1 Å². The van der Waals surface area contributed by atoms with Gasteiger partial charge in [-0.25, -0.2) is 4.98 Å². The Bertz CT molecular complexity index is 671. The predicted octanol–water partition coefficient (Wildman–Crippen LogP) is 3.04. The van der Waals surface area contributed by atoms with Crippen molar-refractivity contribution in [2.75, 3.05) is 0 Å². The number of phenolic OH excluding ortho intramolecular Hbond substituents is 1. The van der Waals surface area contributed by atoms with Crippen molar-refractivity contribution in [3.63, 3.8) is 0 Å². The lowest BCUT2D eigenvalue weighted by Gasteiger charge is -2.06. The van der Waals surface area contributed by atoms with Gasteiger partial charge in [-0.1, -0.05) is 18.2 Å². The number of imidazole rings is 1. The molecule has 2 aromatic carbocycles. The Hall–Kier alpha value is -2.29. The Morgan fingerprint density at radius 3 is 2.59 bits per heavy atom. The zero-order valence-electron chi connectivity index (χ0n) is 9.46. The van der Waals surface area contributed by atoms with Crippen LogP contribution >= 0.6 is 0 Å². The summed E-state index contributed by atoms with van der Waals surface area (Å²) in [5.41, 5.74) is 2.90. The molecule has 3 rings (SSSR count). The molecular formula is C14H12N2O. The second-order valence-electron chi connectivity index (χ2n) is 4.00. The van der Waals surface area contributed by atoms with Crippen LogP contribution in [0.15, 0.2) is 48.5 Å². The third-order valence-corrected chi connectivity index (χ3v) is 2.82. The van der Waals surface area contributed by atoms with Crippen molar-refractivity contribution in [3.05, 3.63) is 54.4 Å². The first-order chi connectivity index (χ1) is 8.25. The first-order valence-electron chi connectivity index (χ1n) is 5.49.